The van der Waals surface area contributed by atoms with E-state index in [1.165, 1.54) is 0 Å². The minimum Gasteiger partial charge on any atom is -0.157 e. The molecule has 0 saturated heterocycles. The third-order valence-electron chi connectivity index (χ3n) is 0.836. The molecule has 0 radical (unpaired) electrons. The number of hydrogen-bond acceptors (Lipinski definition) is 2. The van der Waals surface area contributed by atoms with E-state index >= 15 is 0 Å². The summed E-state index contributed by atoms with van der Waals surface area (Å²) in [6.45, 7) is 0. The van der Waals surface area contributed by atoms with Gasteiger partial charge in [-0.25, -0.2) is 0 Å². The Hall–Kier alpha value is -0.340. The summed E-state index contributed by atoms with van der Waals surface area (Å²) in [5.41, 5.74) is 0.886. The van der Waals surface area contributed by atoms with E-state index in [-0.39, 0.29) is 0 Å². The maximum Gasteiger partial charge on any atom is 0.152 e. The Morgan fingerprint density at radius 2 is 2.33 bits per heavy atom. The summed E-state index contributed by atoms with van der Waals surface area (Å²) < 4.78 is 0. The monoisotopic (exact) mass is 162 g/mol. The highest BCUT2D eigenvalue weighted by Crippen LogP contribution is 2.06. The molecule has 0 aliphatic carbocycles. The largest absolute Gasteiger partial charge is 0.157 e. The molecule has 0 saturated carbocycles. The molecule has 0 N–H and O–H groups in total. The fraction of sp³-hybridized carbons (Fsp3) is 0.200. The molecule has 0 atom stereocenters. The fourth-order valence-electron chi connectivity index (χ4n) is 0.450. The van der Waals surface area contributed by atoms with Gasteiger partial charge in [0.25, 0.3) is 0 Å². The Balaban J connectivity index is 2.94. The molecule has 1 rings (SSSR count). The lowest BCUT2D eigenvalue weighted by Crippen LogP contribution is -1.84. The van der Waals surface area contributed by atoms with E-state index in [1.54, 1.807) is 12.3 Å². The van der Waals surface area contributed by atoms with E-state index in [1.807, 2.05) is 0 Å². The Bertz CT molecular complexity index is 202. The van der Waals surface area contributed by atoms with Crippen molar-refractivity contribution in [3.8, 4) is 0 Å². The molecule has 0 unspecified atom stereocenters. The van der Waals surface area contributed by atoms with Crippen molar-refractivity contribution in [3.63, 3.8) is 0 Å². The molecular formula is C5H4Cl2N2. The SMILES string of the molecule is ClCc1cnnc(Cl)c1. The third kappa shape index (κ3) is 1.80. The van der Waals surface area contributed by atoms with Crippen LogP contribution in [0.4, 0.5) is 0 Å². The number of aromatic nitrogens is 2. The van der Waals surface area contributed by atoms with Crippen LogP contribution in [0.25, 0.3) is 0 Å². The predicted octanol–water partition coefficient (Wildman–Crippen LogP) is 1.87. The van der Waals surface area contributed by atoms with Gasteiger partial charge in [0, 0.05) is 5.88 Å². The zero-order valence-corrected chi connectivity index (χ0v) is 6.02. The summed E-state index contributed by atoms with van der Waals surface area (Å²) >= 11 is 11.0. The molecule has 1 aromatic rings. The third-order valence-corrected chi connectivity index (χ3v) is 1.33. The lowest BCUT2D eigenvalue weighted by Gasteiger charge is -1.90. The molecule has 1 aromatic heterocycles. The standard InChI is InChI=1S/C5H4Cl2N2/c6-2-4-1-5(7)9-8-3-4/h1,3H,2H2. The van der Waals surface area contributed by atoms with Crippen LogP contribution in [0.2, 0.25) is 5.15 Å². The van der Waals surface area contributed by atoms with Crippen molar-refractivity contribution in [1.29, 1.82) is 0 Å². The van der Waals surface area contributed by atoms with E-state index in [9.17, 15) is 0 Å². The Kier molecular flexibility index (Phi) is 2.25. The van der Waals surface area contributed by atoms with Crippen molar-refractivity contribution in [2.75, 3.05) is 0 Å². The first-order chi connectivity index (χ1) is 4.33. The summed E-state index contributed by atoms with van der Waals surface area (Å²) in [7, 11) is 0. The van der Waals surface area contributed by atoms with E-state index in [0.29, 0.717) is 11.0 Å². The topological polar surface area (TPSA) is 25.8 Å². The van der Waals surface area contributed by atoms with Gasteiger partial charge in [0.05, 0.1) is 6.20 Å². The van der Waals surface area contributed by atoms with Gasteiger partial charge in [0.15, 0.2) is 5.15 Å². The zero-order valence-electron chi connectivity index (χ0n) is 4.51. The van der Waals surface area contributed by atoms with Crippen molar-refractivity contribution >= 4 is 23.2 Å². The molecule has 0 aliphatic rings. The van der Waals surface area contributed by atoms with Gasteiger partial charge in [0.2, 0.25) is 0 Å². The van der Waals surface area contributed by atoms with Crippen molar-refractivity contribution in [3.05, 3.63) is 23.0 Å². The first kappa shape index (κ1) is 6.78. The van der Waals surface area contributed by atoms with Crippen LogP contribution in [0.15, 0.2) is 12.3 Å². The second kappa shape index (κ2) is 2.99. The molecule has 0 spiro atoms. The van der Waals surface area contributed by atoms with E-state index in [2.05, 4.69) is 10.2 Å². The Morgan fingerprint density at radius 1 is 1.56 bits per heavy atom. The second-order valence-corrected chi connectivity index (χ2v) is 2.17. The van der Waals surface area contributed by atoms with E-state index in [0.717, 1.165) is 5.56 Å². The van der Waals surface area contributed by atoms with Gasteiger partial charge in [-0.1, -0.05) is 11.6 Å². The van der Waals surface area contributed by atoms with Crippen LogP contribution in [0.5, 0.6) is 0 Å². The average molecular weight is 163 g/mol. The second-order valence-electron chi connectivity index (χ2n) is 1.52. The first-order valence-corrected chi connectivity index (χ1v) is 3.27. The molecular weight excluding hydrogens is 159 g/mol. The van der Waals surface area contributed by atoms with Crippen LogP contribution in [-0.4, -0.2) is 10.2 Å². The van der Waals surface area contributed by atoms with Crippen molar-refractivity contribution in [2.24, 2.45) is 0 Å². The van der Waals surface area contributed by atoms with Crippen LogP contribution in [-0.2, 0) is 5.88 Å². The molecule has 48 valence electrons. The van der Waals surface area contributed by atoms with Crippen LogP contribution in [0.3, 0.4) is 0 Å². The minimum absolute atomic E-state index is 0.383. The average Bonchev–Trinajstić information content (AvgIpc) is 1.88. The molecule has 0 fully saturated rings. The summed E-state index contributed by atoms with van der Waals surface area (Å²) in [4.78, 5) is 0. The normalized spacial score (nSPS) is 9.56. The molecule has 4 heteroatoms. The highest BCUT2D eigenvalue weighted by Gasteiger charge is 1.91. The molecule has 0 bridgehead atoms. The van der Waals surface area contributed by atoms with Gasteiger partial charge >= 0.3 is 0 Å². The molecule has 0 amide bonds. The van der Waals surface area contributed by atoms with Crippen molar-refractivity contribution < 1.29 is 0 Å². The minimum atomic E-state index is 0.383. The fourth-order valence-corrected chi connectivity index (χ4v) is 0.780. The maximum atomic E-state index is 5.49. The van der Waals surface area contributed by atoms with E-state index < -0.39 is 0 Å². The number of nitrogens with zero attached hydrogens (tertiary/aromatic N) is 2. The maximum absolute atomic E-state index is 5.49. The summed E-state index contributed by atoms with van der Waals surface area (Å²) in [5.74, 6) is 0.426. The summed E-state index contributed by atoms with van der Waals surface area (Å²) in [6.07, 6.45) is 1.58. The molecule has 1 heterocycles. The molecule has 0 aromatic carbocycles. The smallest absolute Gasteiger partial charge is 0.152 e. The van der Waals surface area contributed by atoms with Gasteiger partial charge < -0.3 is 0 Å². The quantitative estimate of drug-likeness (QED) is 0.590. The predicted molar refractivity (Wildman–Crippen MR) is 36.6 cm³/mol. The molecule has 2 nitrogen and oxygen atoms in total. The van der Waals surface area contributed by atoms with Gasteiger partial charge in [-0.05, 0) is 11.6 Å². The zero-order chi connectivity index (χ0) is 6.69. The van der Waals surface area contributed by atoms with Crippen LogP contribution in [0.1, 0.15) is 5.56 Å². The Morgan fingerprint density at radius 3 is 2.78 bits per heavy atom. The van der Waals surface area contributed by atoms with Gasteiger partial charge in [-0.3, -0.25) is 0 Å². The number of halogens is 2. The van der Waals surface area contributed by atoms with Gasteiger partial charge in [-0.2, -0.15) is 5.10 Å². The van der Waals surface area contributed by atoms with E-state index in [4.69, 9.17) is 23.2 Å². The lowest BCUT2D eigenvalue weighted by molar-refractivity contribution is 1.01. The highest BCUT2D eigenvalue weighted by atomic mass is 35.5. The number of hydrogen-bond donors (Lipinski definition) is 0. The Labute approximate surface area is 62.8 Å². The van der Waals surface area contributed by atoms with Crippen LogP contribution < -0.4 is 0 Å². The molecule has 0 aliphatic heterocycles. The number of alkyl halides is 1. The van der Waals surface area contributed by atoms with Gasteiger partial charge in [0.1, 0.15) is 0 Å². The van der Waals surface area contributed by atoms with Gasteiger partial charge in [-0.15, -0.1) is 16.7 Å². The van der Waals surface area contributed by atoms with Crippen molar-refractivity contribution in [2.45, 2.75) is 5.88 Å². The lowest BCUT2D eigenvalue weighted by atomic mass is 10.4. The number of rotatable bonds is 1. The highest BCUT2D eigenvalue weighted by molar-refractivity contribution is 6.29. The van der Waals surface area contributed by atoms with Crippen molar-refractivity contribution in [1.82, 2.24) is 10.2 Å². The first-order valence-electron chi connectivity index (χ1n) is 2.36. The summed E-state index contributed by atoms with van der Waals surface area (Å²) in [5, 5.41) is 7.52. The summed E-state index contributed by atoms with van der Waals surface area (Å²) in [6, 6.07) is 1.68. The molecule has 9 heavy (non-hydrogen) atoms. The van der Waals surface area contributed by atoms with Crippen LogP contribution >= 0.6 is 23.2 Å². The van der Waals surface area contributed by atoms with Crippen LogP contribution in [0, 0.1) is 0 Å².